The number of aliphatic hydroxyl groups is 1. The number of nitrogens with zero attached hydrogens (tertiary/aromatic N) is 1. The van der Waals surface area contributed by atoms with Crippen LogP contribution in [0.3, 0.4) is 0 Å². The highest BCUT2D eigenvalue weighted by Crippen LogP contribution is 2.26. The summed E-state index contributed by atoms with van der Waals surface area (Å²) >= 11 is 3.43. The topological polar surface area (TPSA) is 49.8 Å². The molecule has 0 aromatic heterocycles. The summed E-state index contributed by atoms with van der Waals surface area (Å²) in [5.41, 5.74) is 0.540. The van der Waals surface area contributed by atoms with Crippen molar-refractivity contribution in [3.63, 3.8) is 0 Å². The zero-order valence-corrected chi connectivity index (χ0v) is 14.0. The molecule has 1 aromatic rings. The largest absolute Gasteiger partial charge is 0.496 e. The molecule has 0 saturated heterocycles. The number of methoxy groups -OCH3 is 1. The highest BCUT2D eigenvalue weighted by atomic mass is 79.9. The number of halogens is 1. The van der Waals surface area contributed by atoms with Crippen molar-refractivity contribution < 1.29 is 14.6 Å². The summed E-state index contributed by atoms with van der Waals surface area (Å²) in [4.78, 5) is 13.7. The van der Waals surface area contributed by atoms with Crippen LogP contribution in [0.15, 0.2) is 22.7 Å². The molecule has 20 heavy (non-hydrogen) atoms. The van der Waals surface area contributed by atoms with Crippen molar-refractivity contribution in [3.05, 3.63) is 28.2 Å². The number of carbonyl (C=O) groups excluding carboxylic acids is 1. The van der Waals surface area contributed by atoms with Crippen LogP contribution in [-0.2, 0) is 11.2 Å². The van der Waals surface area contributed by atoms with E-state index in [2.05, 4.69) is 15.9 Å². The minimum absolute atomic E-state index is 0.0241. The van der Waals surface area contributed by atoms with E-state index in [1.54, 1.807) is 19.1 Å². The molecule has 0 spiro atoms. The third kappa shape index (κ3) is 4.21. The van der Waals surface area contributed by atoms with E-state index in [4.69, 9.17) is 4.74 Å². The van der Waals surface area contributed by atoms with E-state index in [-0.39, 0.29) is 12.5 Å². The molecule has 0 bridgehead atoms. The molecular formula is C15H22BrNO3. The smallest absolute Gasteiger partial charge is 0.223 e. The van der Waals surface area contributed by atoms with E-state index in [9.17, 15) is 9.90 Å². The Bertz CT molecular complexity index is 474. The summed E-state index contributed by atoms with van der Waals surface area (Å²) in [6, 6.07) is 5.79. The molecule has 1 rings (SSSR count). The summed E-state index contributed by atoms with van der Waals surface area (Å²) < 4.78 is 6.06. The van der Waals surface area contributed by atoms with Crippen LogP contribution in [0.1, 0.15) is 25.8 Å². The van der Waals surface area contributed by atoms with E-state index in [1.807, 2.05) is 32.0 Å². The quantitative estimate of drug-likeness (QED) is 0.863. The monoisotopic (exact) mass is 343 g/mol. The van der Waals surface area contributed by atoms with Crippen LogP contribution in [0.4, 0.5) is 0 Å². The highest BCUT2D eigenvalue weighted by Gasteiger charge is 2.26. The molecule has 1 N–H and O–H groups in total. The normalized spacial score (nSPS) is 11.3. The lowest BCUT2D eigenvalue weighted by molar-refractivity contribution is -0.135. The number of rotatable bonds is 6. The molecule has 0 unspecified atom stereocenters. The van der Waals surface area contributed by atoms with Gasteiger partial charge in [-0.15, -0.1) is 0 Å². The number of likely N-dealkylation sites (N-methyl/N-ethyl adjacent to an activating group) is 1. The Morgan fingerprint density at radius 3 is 2.60 bits per heavy atom. The van der Waals surface area contributed by atoms with Crippen LogP contribution < -0.4 is 4.74 Å². The van der Waals surface area contributed by atoms with Gasteiger partial charge in [0, 0.05) is 13.5 Å². The van der Waals surface area contributed by atoms with Crippen molar-refractivity contribution in [1.82, 2.24) is 4.90 Å². The fourth-order valence-corrected chi connectivity index (χ4v) is 2.32. The third-order valence-corrected chi connectivity index (χ3v) is 4.13. The number of amides is 1. The molecule has 4 nitrogen and oxygen atoms in total. The second kappa shape index (κ2) is 7.09. The maximum Gasteiger partial charge on any atom is 0.223 e. The number of aryl methyl sites for hydroxylation is 1. The molecule has 0 aliphatic rings. The Labute approximate surface area is 128 Å². The van der Waals surface area contributed by atoms with Crippen LogP contribution in [0.25, 0.3) is 0 Å². The van der Waals surface area contributed by atoms with Crippen molar-refractivity contribution in [2.24, 2.45) is 0 Å². The first-order valence-electron chi connectivity index (χ1n) is 6.51. The summed E-state index contributed by atoms with van der Waals surface area (Å²) in [5, 5.41) is 9.28. The minimum Gasteiger partial charge on any atom is -0.496 e. The fraction of sp³-hybridized carbons (Fsp3) is 0.533. The molecule has 0 fully saturated rings. The molecule has 0 heterocycles. The SMILES string of the molecule is COc1ccc(CCC(=O)N(C)C(C)(C)CO)cc1Br. The van der Waals surface area contributed by atoms with Gasteiger partial charge in [-0.25, -0.2) is 0 Å². The molecule has 1 aromatic carbocycles. The van der Waals surface area contributed by atoms with E-state index in [1.165, 1.54) is 0 Å². The predicted molar refractivity (Wildman–Crippen MR) is 82.9 cm³/mol. The summed E-state index contributed by atoms with van der Waals surface area (Å²) in [7, 11) is 3.34. The zero-order chi connectivity index (χ0) is 15.3. The summed E-state index contributed by atoms with van der Waals surface area (Å²) in [6.45, 7) is 3.63. The lowest BCUT2D eigenvalue weighted by atomic mass is 10.0. The first-order valence-corrected chi connectivity index (χ1v) is 7.31. The van der Waals surface area contributed by atoms with Gasteiger partial charge in [-0.3, -0.25) is 4.79 Å². The Morgan fingerprint density at radius 1 is 1.45 bits per heavy atom. The van der Waals surface area contributed by atoms with Crippen molar-refractivity contribution in [2.45, 2.75) is 32.2 Å². The van der Waals surface area contributed by atoms with Crippen LogP contribution in [0, 0.1) is 0 Å². The van der Waals surface area contributed by atoms with Gasteiger partial charge in [0.05, 0.1) is 23.7 Å². The average molecular weight is 344 g/mol. The van der Waals surface area contributed by atoms with Gasteiger partial charge < -0.3 is 14.7 Å². The number of carbonyl (C=O) groups is 1. The van der Waals surface area contributed by atoms with Crippen LogP contribution in [0.2, 0.25) is 0 Å². The van der Waals surface area contributed by atoms with Gasteiger partial charge in [0.15, 0.2) is 0 Å². The molecule has 112 valence electrons. The molecule has 0 aliphatic carbocycles. The number of benzene rings is 1. The highest BCUT2D eigenvalue weighted by molar-refractivity contribution is 9.10. The lowest BCUT2D eigenvalue weighted by Gasteiger charge is -2.34. The average Bonchev–Trinajstić information content (AvgIpc) is 2.44. The van der Waals surface area contributed by atoms with Crippen LogP contribution in [0.5, 0.6) is 5.75 Å². The van der Waals surface area contributed by atoms with Gasteiger partial charge in [0.25, 0.3) is 0 Å². The maximum absolute atomic E-state index is 12.1. The Morgan fingerprint density at radius 2 is 2.10 bits per heavy atom. The number of ether oxygens (including phenoxy) is 1. The number of hydrogen-bond donors (Lipinski definition) is 1. The molecule has 0 aliphatic heterocycles. The van der Waals surface area contributed by atoms with Crippen molar-refractivity contribution in [3.8, 4) is 5.75 Å². The van der Waals surface area contributed by atoms with Crippen molar-refractivity contribution in [2.75, 3.05) is 20.8 Å². The fourth-order valence-electron chi connectivity index (χ4n) is 1.73. The molecule has 1 amide bonds. The Hall–Kier alpha value is -1.07. The van der Waals surface area contributed by atoms with Gasteiger partial charge in [0.1, 0.15) is 5.75 Å². The number of hydrogen-bond acceptors (Lipinski definition) is 3. The Balaban J connectivity index is 2.63. The van der Waals surface area contributed by atoms with E-state index >= 15 is 0 Å². The van der Waals surface area contributed by atoms with Crippen LogP contribution >= 0.6 is 15.9 Å². The predicted octanol–water partition coefficient (Wildman–Crippen LogP) is 2.62. The Kier molecular flexibility index (Phi) is 6.02. The standard InChI is InChI=1S/C15H22BrNO3/c1-15(2,10-18)17(3)14(19)8-6-11-5-7-13(20-4)12(16)9-11/h5,7,9,18H,6,8,10H2,1-4H3. The van der Waals surface area contributed by atoms with Gasteiger partial charge in [-0.1, -0.05) is 6.07 Å². The van der Waals surface area contributed by atoms with Crippen molar-refractivity contribution in [1.29, 1.82) is 0 Å². The maximum atomic E-state index is 12.1. The second-order valence-electron chi connectivity index (χ2n) is 5.39. The molecule has 0 atom stereocenters. The number of aliphatic hydroxyl groups excluding tert-OH is 1. The second-order valence-corrected chi connectivity index (χ2v) is 6.25. The van der Waals surface area contributed by atoms with E-state index in [0.29, 0.717) is 12.8 Å². The van der Waals surface area contributed by atoms with Gasteiger partial charge in [-0.2, -0.15) is 0 Å². The lowest BCUT2D eigenvalue weighted by Crippen LogP contribution is -2.47. The van der Waals surface area contributed by atoms with Gasteiger partial charge in [0.2, 0.25) is 5.91 Å². The first kappa shape index (κ1) is 17.0. The zero-order valence-electron chi connectivity index (χ0n) is 12.4. The summed E-state index contributed by atoms with van der Waals surface area (Å²) in [5.74, 6) is 0.801. The molecule has 0 saturated carbocycles. The van der Waals surface area contributed by atoms with Gasteiger partial charge >= 0.3 is 0 Å². The molecule has 5 heteroatoms. The minimum atomic E-state index is -0.530. The van der Waals surface area contributed by atoms with Crippen molar-refractivity contribution >= 4 is 21.8 Å². The van der Waals surface area contributed by atoms with Gasteiger partial charge in [-0.05, 0) is 53.9 Å². The molecular weight excluding hydrogens is 322 g/mol. The summed E-state index contributed by atoms with van der Waals surface area (Å²) in [6.07, 6.45) is 1.08. The third-order valence-electron chi connectivity index (χ3n) is 3.51. The molecule has 0 radical (unpaired) electrons. The van der Waals surface area contributed by atoms with Crippen LogP contribution in [-0.4, -0.2) is 42.2 Å². The van der Waals surface area contributed by atoms with E-state index in [0.717, 1.165) is 15.8 Å². The van der Waals surface area contributed by atoms with E-state index < -0.39 is 5.54 Å². The first-order chi connectivity index (χ1) is 9.31.